The Bertz CT molecular complexity index is 382. The average molecular weight is 252 g/mol. The standard InChI is InChI=1S/C14H24N2O2/c1-5-14(17,11(2)10-16(3)4)12-7-6-8-13(9-12)18-15/h6-9,11,17H,5,10,15H2,1-4H3/t11-,14-/m1/s1. The van der Waals surface area contributed by atoms with Crippen molar-refractivity contribution in [3.8, 4) is 5.75 Å². The second-order valence-corrected chi connectivity index (χ2v) is 5.09. The molecule has 0 aliphatic carbocycles. The van der Waals surface area contributed by atoms with Gasteiger partial charge in [-0.2, -0.15) is 5.90 Å². The summed E-state index contributed by atoms with van der Waals surface area (Å²) < 4.78 is 0. The lowest BCUT2D eigenvalue weighted by molar-refractivity contribution is -0.0293. The molecular weight excluding hydrogens is 228 g/mol. The third kappa shape index (κ3) is 3.22. The second kappa shape index (κ2) is 6.18. The van der Waals surface area contributed by atoms with Gasteiger partial charge in [-0.3, -0.25) is 0 Å². The van der Waals surface area contributed by atoms with Crippen LogP contribution in [-0.4, -0.2) is 30.6 Å². The summed E-state index contributed by atoms with van der Waals surface area (Å²) in [5.74, 6) is 5.85. The van der Waals surface area contributed by atoms with Crippen molar-refractivity contribution in [3.63, 3.8) is 0 Å². The van der Waals surface area contributed by atoms with Crippen LogP contribution in [-0.2, 0) is 5.60 Å². The molecule has 0 radical (unpaired) electrons. The van der Waals surface area contributed by atoms with Gasteiger partial charge >= 0.3 is 0 Å². The molecule has 18 heavy (non-hydrogen) atoms. The first-order valence-electron chi connectivity index (χ1n) is 6.28. The van der Waals surface area contributed by atoms with E-state index in [9.17, 15) is 5.11 Å². The summed E-state index contributed by atoms with van der Waals surface area (Å²) in [4.78, 5) is 6.81. The molecule has 1 rings (SSSR count). The van der Waals surface area contributed by atoms with Crippen LogP contribution in [0.5, 0.6) is 5.75 Å². The Hall–Kier alpha value is -1.10. The number of rotatable bonds is 6. The molecule has 0 bridgehead atoms. The van der Waals surface area contributed by atoms with E-state index in [1.165, 1.54) is 0 Å². The van der Waals surface area contributed by atoms with E-state index >= 15 is 0 Å². The van der Waals surface area contributed by atoms with Gasteiger partial charge in [0.05, 0.1) is 5.60 Å². The van der Waals surface area contributed by atoms with E-state index in [1.54, 1.807) is 12.1 Å². The number of hydrogen-bond acceptors (Lipinski definition) is 4. The molecule has 1 aromatic carbocycles. The van der Waals surface area contributed by atoms with E-state index < -0.39 is 5.60 Å². The summed E-state index contributed by atoms with van der Waals surface area (Å²) in [5.41, 5.74) is -0.0129. The minimum atomic E-state index is -0.862. The molecule has 0 unspecified atom stereocenters. The van der Waals surface area contributed by atoms with Gasteiger partial charge in [-0.1, -0.05) is 26.0 Å². The highest BCUT2D eigenvalue weighted by Gasteiger charge is 2.34. The van der Waals surface area contributed by atoms with Crippen molar-refractivity contribution in [2.24, 2.45) is 11.8 Å². The molecule has 102 valence electrons. The van der Waals surface area contributed by atoms with Crippen LogP contribution in [0.3, 0.4) is 0 Å². The number of benzene rings is 1. The highest BCUT2D eigenvalue weighted by molar-refractivity contribution is 5.32. The first-order valence-corrected chi connectivity index (χ1v) is 6.28. The smallest absolute Gasteiger partial charge is 0.147 e. The fourth-order valence-electron chi connectivity index (χ4n) is 2.37. The zero-order valence-electron chi connectivity index (χ0n) is 11.7. The maximum absolute atomic E-state index is 10.9. The lowest BCUT2D eigenvalue weighted by Gasteiger charge is -2.35. The number of hydrogen-bond donors (Lipinski definition) is 2. The van der Waals surface area contributed by atoms with Crippen molar-refractivity contribution in [2.75, 3.05) is 20.6 Å². The third-order valence-electron chi connectivity index (χ3n) is 3.46. The molecule has 0 heterocycles. The Kier molecular flexibility index (Phi) is 5.14. The number of nitrogens with zero attached hydrogens (tertiary/aromatic N) is 1. The van der Waals surface area contributed by atoms with E-state index in [-0.39, 0.29) is 5.92 Å². The Morgan fingerprint density at radius 2 is 2.11 bits per heavy atom. The Balaban J connectivity index is 3.05. The van der Waals surface area contributed by atoms with Crippen LogP contribution in [0.2, 0.25) is 0 Å². The van der Waals surface area contributed by atoms with E-state index in [0.717, 1.165) is 12.1 Å². The predicted molar refractivity (Wildman–Crippen MR) is 73.2 cm³/mol. The van der Waals surface area contributed by atoms with Crippen LogP contribution < -0.4 is 10.7 Å². The van der Waals surface area contributed by atoms with Crippen LogP contribution in [0, 0.1) is 5.92 Å². The minimum absolute atomic E-state index is 0.116. The molecule has 2 atom stereocenters. The summed E-state index contributed by atoms with van der Waals surface area (Å²) in [6, 6.07) is 7.34. The van der Waals surface area contributed by atoms with Crippen LogP contribution in [0.4, 0.5) is 0 Å². The number of nitrogens with two attached hydrogens (primary N) is 1. The van der Waals surface area contributed by atoms with Crippen LogP contribution in [0.1, 0.15) is 25.8 Å². The molecule has 0 fully saturated rings. The Morgan fingerprint density at radius 3 is 2.61 bits per heavy atom. The molecule has 0 saturated carbocycles. The predicted octanol–water partition coefficient (Wildman–Crippen LogP) is 1.73. The maximum Gasteiger partial charge on any atom is 0.147 e. The lowest BCUT2D eigenvalue weighted by Crippen LogP contribution is -2.38. The van der Waals surface area contributed by atoms with Gasteiger partial charge in [0.1, 0.15) is 5.75 Å². The molecule has 0 saturated heterocycles. The minimum Gasteiger partial charge on any atom is -0.412 e. The fourth-order valence-corrected chi connectivity index (χ4v) is 2.37. The largest absolute Gasteiger partial charge is 0.412 e. The normalized spacial score (nSPS) is 16.4. The monoisotopic (exact) mass is 252 g/mol. The lowest BCUT2D eigenvalue weighted by atomic mass is 9.80. The van der Waals surface area contributed by atoms with Crippen molar-refractivity contribution in [2.45, 2.75) is 25.9 Å². The van der Waals surface area contributed by atoms with Gasteiger partial charge in [-0.25, -0.2) is 0 Å². The molecule has 0 spiro atoms. The van der Waals surface area contributed by atoms with E-state index in [1.807, 2.05) is 33.2 Å². The van der Waals surface area contributed by atoms with Crippen molar-refractivity contribution in [3.05, 3.63) is 29.8 Å². The van der Waals surface area contributed by atoms with Gasteiger partial charge in [-0.15, -0.1) is 0 Å². The fraction of sp³-hybridized carbons (Fsp3) is 0.571. The van der Waals surface area contributed by atoms with Crippen molar-refractivity contribution in [1.29, 1.82) is 0 Å². The molecular formula is C14H24N2O2. The highest BCUT2D eigenvalue weighted by Crippen LogP contribution is 2.34. The van der Waals surface area contributed by atoms with Gasteiger partial charge in [0.15, 0.2) is 0 Å². The van der Waals surface area contributed by atoms with Crippen molar-refractivity contribution < 1.29 is 9.94 Å². The molecule has 0 aliphatic rings. The molecule has 4 heteroatoms. The quantitative estimate of drug-likeness (QED) is 0.757. The Labute approximate surface area is 109 Å². The summed E-state index contributed by atoms with van der Waals surface area (Å²) in [7, 11) is 4.01. The maximum atomic E-state index is 10.9. The summed E-state index contributed by atoms with van der Waals surface area (Å²) in [5, 5.41) is 10.9. The van der Waals surface area contributed by atoms with E-state index in [0.29, 0.717) is 12.2 Å². The summed E-state index contributed by atoms with van der Waals surface area (Å²) in [6.07, 6.45) is 0.649. The zero-order chi connectivity index (χ0) is 13.8. The molecule has 1 aromatic rings. The van der Waals surface area contributed by atoms with E-state index in [2.05, 4.69) is 11.8 Å². The van der Waals surface area contributed by atoms with Crippen molar-refractivity contribution in [1.82, 2.24) is 4.90 Å². The van der Waals surface area contributed by atoms with Gasteiger partial charge in [0, 0.05) is 12.5 Å². The first kappa shape index (κ1) is 15.0. The third-order valence-corrected chi connectivity index (χ3v) is 3.46. The van der Waals surface area contributed by atoms with Gasteiger partial charge in [0.25, 0.3) is 0 Å². The molecule has 0 aromatic heterocycles. The van der Waals surface area contributed by atoms with E-state index in [4.69, 9.17) is 10.7 Å². The second-order valence-electron chi connectivity index (χ2n) is 5.09. The van der Waals surface area contributed by atoms with Crippen molar-refractivity contribution >= 4 is 0 Å². The van der Waals surface area contributed by atoms with Crippen LogP contribution >= 0.6 is 0 Å². The summed E-state index contributed by atoms with van der Waals surface area (Å²) >= 11 is 0. The first-order chi connectivity index (χ1) is 8.43. The molecule has 4 nitrogen and oxygen atoms in total. The number of aliphatic hydroxyl groups is 1. The van der Waals surface area contributed by atoms with Gasteiger partial charge in [-0.05, 0) is 38.2 Å². The summed E-state index contributed by atoms with van der Waals surface area (Å²) in [6.45, 7) is 4.86. The van der Waals surface area contributed by atoms with Gasteiger partial charge in [0.2, 0.25) is 0 Å². The topological polar surface area (TPSA) is 58.7 Å². The van der Waals surface area contributed by atoms with Gasteiger partial charge < -0.3 is 14.8 Å². The average Bonchev–Trinajstić information content (AvgIpc) is 2.37. The molecule has 3 N–H and O–H groups in total. The van der Waals surface area contributed by atoms with Crippen LogP contribution in [0.15, 0.2) is 24.3 Å². The van der Waals surface area contributed by atoms with Crippen LogP contribution in [0.25, 0.3) is 0 Å². The molecule has 0 amide bonds. The SMILES string of the molecule is CC[C@](O)(c1cccc(ON)c1)[C@H](C)CN(C)C. The highest BCUT2D eigenvalue weighted by atomic mass is 16.6. The zero-order valence-corrected chi connectivity index (χ0v) is 11.7. The molecule has 0 aliphatic heterocycles. The Morgan fingerprint density at radius 1 is 1.44 bits per heavy atom.